The maximum Gasteiger partial charge on any atom is 0.324 e. The number of methoxy groups -OCH3 is 1. The summed E-state index contributed by atoms with van der Waals surface area (Å²) < 4.78 is 10.8. The average molecular weight is 486 g/mol. The summed E-state index contributed by atoms with van der Waals surface area (Å²) in [5.41, 5.74) is 1.24. The summed E-state index contributed by atoms with van der Waals surface area (Å²) in [6, 6.07) is 13.4. The van der Waals surface area contributed by atoms with Crippen molar-refractivity contribution in [2.45, 2.75) is 37.1 Å². The second-order valence-corrected chi connectivity index (χ2v) is 9.08. The Hall–Kier alpha value is -3.10. The quantitative estimate of drug-likeness (QED) is 0.555. The van der Waals surface area contributed by atoms with Gasteiger partial charge in [-0.15, -0.1) is 0 Å². The first-order chi connectivity index (χ1) is 16.4. The van der Waals surface area contributed by atoms with Crippen LogP contribution in [0.2, 0.25) is 5.02 Å². The number of benzene rings is 2. The molecule has 2 aliphatic rings. The van der Waals surface area contributed by atoms with Crippen molar-refractivity contribution in [2.24, 2.45) is 0 Å². The van der Waals surface area contributed by atoms with Crippen LogP contribution in [0, 0.1) is 0 Å². The summed E-state index contributed by atoms with van der Waals surface area (Å²) in [6.45, 7) is 1.38. The highest BCUT2D eigenvalue weighted by Crippen LogP contribution is 2.37. The predicted octanol–water partition coefficient (Wildman–Crippen LogP) is 3.74. The van der Waals surface area contributed by atoms with Crippen LogP contribution in [0.25, 0.3) is 0 Å². The van der Waals surface area contributed by atoms with Gasteiger partial charge in [-0.3, -0.25) is 14.5 Å². The molecule has 4 amide bonds. The van der Waals surface area contributed by atoms with Crippen molar-refractivity contribution >= 4 is 35.1 Å². The highest BCUT2D eigenvalue weighted by Gasteiger charge is 2.44. The SMILES string of the molecule is COc1ccc(C2(CN3C(=O)N[C@@H](CCC(=O)Nc4cccc(Cl)c4)C3=O)CCOCC2)cc1. The van der Waals surface area contributed by atoms with Crippen molar-refractivity contribution in [3.63, 3.8) is 0 Å². The number of ether oxygens (including phenoxy) is 2. The number of hydrogen-bond donors (Lipinski definition) is 2. The molecule has 2 aromatic carbocycles. The summed E-state index contributed by atoms with van der Waals surface area (Å²) in [4.78, 5) is 39.5. The molecule has 1 atom stereocenters. The fourth-order valence-corrected chi connectivity index (χ4v) is 4.73. The van der Waals surface area contributed by atoms with Crippen molar-refractivity contribution in [3.05, 3.63) is 59.1 Å². The minimum atomic E-state index is -0.731. The molecule has 2 fully saturated rings. The third kappa shape index (κ3) is 5.34. The molecule has 2 heterocycles. The Balaban J connectivity index is 1.41. The van der Waals surface area contributed by atoms with Crippen LogP contribution in [-0.4, -0.2) is 55.7 Å². The third-order valence-electron chi connectivity index (χ3n) is 6.49. The molecule has 0 radical (unpaired) electrons. The van der Waals surface area contributed by atoms with Gasteiger partial charge in [0.25, 0.3) is 5.91 Å². The van der Waals surface area contributed by atoms with E-state index in [1.54, 1.807) is 31.4 Å². The van der Waals surface area contributed by atoms with Crippen LogP contribution in [0.3, 0.4) is 0 Å². The molecule has 0 saturated carbocycles. The summed E-state index contributed by atoms with van der Waals surface area (Å²) in [6.07, 6.45) is 1.70. The van der Waals surface area contributed by atoms with Gasteiger partial charge in [0.05, 0.1) is 7.11 Å². The smallest absolute Gasteiger partial charge is 0.324 e. The van der Waals surface area contributed by atoms with Crippen LogP contribution in [0.1, 0.15) is 31.2 Å². The molecule has 0 aromatic heterocycles. The summed E-state index contributed by atoms with van der Waals surface area (Å²) in [5.74, 6) is 0.193. The Kier molecular flexibility index (Phi) is 7.38. The minimum Gasteiger partial charge on any atom is -0.497 e. The van der Waals surface area contributed by atoms with Gasteiger partial charge in [0.1, 0.15) is 11.8 Å². The number of rotatable bonds is 8. The third-order valence-corrected chi connectivity index (χ3v) is 6.72. The molecular formula is C25H28ClN3O5. The number of hydrogen-bond acceptors (Lipinski definition) is 5. The van der Waals surface area contributed by atoms with Crippen molar-refractivity contribution in [3.8, 4) is 5.75 Å². The highest BCUT2D eigenvalue weighted by molar-refractivity contribution is 6.30. The summed E-state index contributed by atoms with van der Waals surface area (Å²) in [5, 5.41) is 6.02. The highest BCUT2D eigenvalue weighted by atomic mass is 35.5. The van der Waals surface area contributed by atoms with Crippen LogP contribution < -0.4 is 15.4 Å². The Morgan fingerprint density at radius 1 is 1.21 bits per heavy atom. The van der Waals surface area contributed by atoms with E-state index in [4.69, 9.17) is 21.1 Å². The largest absolute Gasteiger partial charge is 0.497 e. The fourth-order valence-electron chi connectivity index (χ4n) is 4.53. The van der Waals surface area contributed by atoms with Crippen molar-refractivity contribution in [2.75, 3.05) is 32.2 Å². The second-order valence-electron chi connectivity index (χ2n) is 8.64. The number of carbonyl (C=O) groups is 3. The standard InChI is InChI=1S/C25H28ClN3O5/c1-33-20-7-5-17(6-8-20)25(11-13-34-14-12-25)16-29-23(31)21(28-24(29)32)9-10-22(30)27-19-4-2-3-18(26)15-19/h2-8,15,21H,9-14,16H2,1H3,(H,27,30)(H,28,32)/t21-/m0/s1. The Morgan fingerprint density at radius 3 is 2.62 bits per heavy atom. The molecule has 0 bridgehead atoms. The zero-order chi connectivity index (χ0) is 24.1. The zero-order valence-corrected chi connectivity index (χ0v) is 19.8. The maximum atomic E-state index is 13.1. The molecule has 0 unspecified atom stereocenters. The van der Waals surface area contributed by atoms with Crippen LogP contribution >= 0.6 is 11.6 Å². The second kappa shape index (κ2) is 10.4. The number of nitrogens with zero attached hydrogens (tertiary/aromatic N) is 1. The monoisotopic (exact) mass is 485 g/mol. The van der Waals surface area contributed by atoms with E-state index in [2.05, 4.69) is 10.6 Å². The van der Waals surface area contributed by atoms with E-state index in [0.29, 0.717) is 36.8 Å². The molecule has 2 aromatic rings. The molecule has 34 heavy (non-hydrogen) atoms. The van der Waals surface area contributed by atoms with Crippen LogP contribution in [0.15, 0.2) is 48.5 Å². The predicted molar refractivity (Wildman–Crippen MR) is 128 cm³/mol. The average Bonchev–Trinajstić information content (AvgIpc) is 3.11. The molecule has 9 heteroatoms. The number of halogens is 1. The topological polar surface area (TPSA) is 97.0 Å². The van der Waals surface area contributed by atoms with Gasteiger partial charge in [0, 0.05) is 42.3 Å². The van der Waals surface area contributed by atoms with Gasteiger partial charge in [-0.2, -0.15) is 0 Å². The molecule has 2 N–H and O–H groups in total. The van der Waals surface area contributed by atoms with Gasteiger partial charge >= 0.3 is 6.03 Å². The van der Waals surface area contributed by atoms with Crippen molar-refractivity contribution < 1.29 is 23.9 Å². The van der Waals surface area contributed by atoms with Crippen LogP contribution in [-0.2, 0) is 19.7 Å². The van der Waals surface area contributed by atoms with E-state index in [-0.39, 0.29) is 31.2 Å². The first-order valence-corrected chi connectivity index (χ1v) is 11.7. The number of urea groups is 1. The Bertz CT molecular complexity index is 1050. The zero-order valence-electron chi connectivity index (χ0n) is 19.0. The van der Waals surface area contributed by atoms with Crippen molar-refractivity contribution in [1.29, 1.82) is 0 Å². The van der Waals surface area contributed by atoms with E-state index >= 15 is 0 Å². The van der Waals surface area contributed by atoms with Gasteiger partial charge in [-0.25, -0.2) is 4.79 Å². The fraction of sp³-hybridized carbons (Fsp3) is 0.400. The lowest BCUT2D eigenvalue weighted by atomic mass is 9.73. The Labute approximate surface area is 203 Å². The number of amides is 4. The summed E-state index contributed by atoms with van der Waals surface area (Å²) in [7, 11) is 1.61. The first kappa shape index (κ1) is 24.0. The van der Waals surface area contributed by atoms with Gasteiger partial charge in [-0.1, -0.05) is 29.8 Å². The van der Waals surface area contributed by atoms with E-state index in [0.717, 1.165) is 11.3 Å². The Morgan fingerprint density at radius 2 is 1.94 bits per heavy atom. The van der Waals surface area contributed by atoms with Crippen LogP contribution in [0.5, 0.6) is 5.75 Å². The van der Waals surface area contributed by atoms with Gasteiger partial charge in [0.2, 0.25) is 5.91 Å². The lowest BCUT2D eigenvalue weighted by Crippen LogP contribution is -2.47. The van der Waals surface area contributed by atoms with E-state index in [9.17, 15) is 14.4 Å². The number of anilines is 1. The molecule has 2 aliphatic heterocycles. The number of nitrogens with one attached hydrogen (secondary N) is 2. The molecule has 180 valence electrons. The molecule has 4 rings (SSSR count). The van der Waals surface area contributed by atoms with E-state index < -0.39 is 17.5 Å². The first-order valence-electron chi connectivity index (χ1n) is 11.3. The van der Waals surface area contributed by atoms with E-state index in [1.807, 2.05) is 24.3 Å². The molecule has 8 nitrogen and oxygen atoms in total. The van der Waals surface area contributed by atoms with Gasteiger partial charge < -0.3 is 20.1 Å². The lowest BCUT2D eigenvalue weighted by molar-refractivity contribution is -0.128. The van der Waals surface area contributed by atoms with Gasteiger partial charge in [-0.05, 0) is 55.2 Å². The molecule has 0 aliphatic carbocycles. The lowest BCUT2D eigenvalue weighted by Gasteiger charge is -2.39. The molecule has 2 saturated heterocycles. The number of imide groups is 1. The van der Waals surface area contributed by atoms with Crippen molar-refractivity contribution in [1.82, 2.24) is 10.2 Å². The maximum absolute atomic E-state index is 13.1. The normalized spacial score (nSPS) is 19.6. The molecule has 0 spiro atoms. The molecular weight excluding hydrogens is 458 g/mol. The van der Waals surface area contributed by atoms with E-state index in [1.165, 1.54) is 4.90 Å². The number of carbonyl (C=O) groups excluding carboxylic acids is 3. The summed E-state index contributed by atoms with van der Waals surface area (Å²) >= 11 is 5.95. The van der Waals surface area contributed by atoms with Gasteiger partial charge in [0.15, 0.2) is 0 Å². The minimum absolute atomic E-state index is 0.0918. The van der Waals surface area contributed by atoms with Crippen LogP contribution in [0.4, 0.5) is 10.5 Å².